The van der Waals surface area contributed by atoms with Gasteiger partial charge in [-0.25, -0.2) is 4.79 Å². The van der Waals surface area contributed by atoms with Gasteiger partial charge in [0.05, 0.1) is 21.7 Å². The molecule has 13 heteroatoms. The molecule has 0 amide bonds. The van der Waals surface area contributed by atoms with Crippen molar-refractivity contribution in [3.63, 3.8) is 0 Å². The first-order chi connectivity index (χ1) is 15.5. The average molecular weight is 523 g/mol. The predicted molar refractivity (Wildman–Crippen MR) is 118 cm³/mol. The Morgan fingerprint density at radius 1 is 1.33 bits per heavy atom. The normalized spacial score (nSPS) is 20.4. The monoisotopic (exact) mass is 522 g/mol. The molecule has 176 valence electrons. The van der Waals surface area contributed by atoms with Gasteiger partial charge in [-0.1, -0.05) is 35.2 Å². The van der Waals surface area contributed by atoms with E-state index in [1.165, 1.54) is 0 Å². The van der Waals surface area contributed by atoms with Crippen LogP contribution >= 0.6 is 35.4 Å². The maximum Gasteiger partial charge on any atom is 0.423 e. The Morgan fingerprint density at radius 2 is 2.00 bits per heavy atom. The molecule has 0 aliphatic carbocycles. The second-order valence-electron chi connectivity index (χ2n) is 6.82. The summed E-state index contributed by atoms with van der Waals surface area (Å²) in [6.45, 7) is -0.317. The maximum atomic E-state index is 13.1. The summed E-state index contributed by atoms with van der Waals surface area (Å²) in [7, 11) is 0. The highest BCUT2D eigenvalue weighted by atomic mass is 35.5. The third-order valence-electron chi connectivity index (χ3n) is 4.69. The van der Waals surface area contributed by atoms with E-state index >= 15 is 0 Å². The van der Waals surface area contributed by atoms with Gasteiger partial charge in [-0.2, -0.15) is 13.2 Å². The molecular weight excluding hydrogens is 508 g/mol. The molecule has 0 radical (unpaired) electrons. The van der Waals surface area contributed by atoms with E-state index in [0.717, 1.165) is 0 Å². The van der Waals surface area contributed by atoms with Crippen molar-refractivity contribution in [2.24, 2.45) is 0 Å². The van der Waals surface area contributed by atoms with Gasteiger partial charge in [0.2, 0.25) is 0 Å². The fourth-order valence-electron chi connectivity index (χ4n) is 3.18. The molecule has 2 heterocycles. The molecule has 0 unspecified atom stereocenters. The van der Waals surface area contributed by atoms with Gasteiger partial charge in [0.15, 0.2) is 5.05 Å². The molecule has 2 aromatic rings. The lowest BCUT2D eigenvalue weighted by atomic mass is 10.2. The molecule has 1 aromatic heterocycles. The maximum absolute atomic E-state index is 13.1. The molecule has 3 rings (SSSR count). The Kier molecular flexibility index (Phi) is 7.87. The van der Waals surface area contributed by atoms with Crippen LogP contribution in [-0.4, -0.2) is 40.0 Å². The lowest BCUT2D eigenvalue weighted by Crippen LogP contribution is -2.36. The number of halogens is 5. The van der Waals surface area contributed by atoms with Crippen molar-refractivity contribution in [1.29, 1.82) is 0 Å². The molecule has 1 aliphatic heterocycles. The highest BCUT2D eigenvalue weighted by Crippen LogP contribution is 2.33. The minimum atomic E-state index is -4.97. The van der Waals surface area contributed by atoms with Crippen molar-refractivity contribution in [3.8, 4) is 12.3 Å². The van der Waals surface area contributed by atoms with E-state index in [0.29, 0.717) is 10.8 Å². The van der Waals surface area contributed by atoms with Crippen LogP contribution in [-0.2, 0) is 20.4 Å². The number of thiocarbonyl (C=S) groups is 1. The number of aromatic amines is 1. The lowest BCUT2D eigenvalue weighted by Gasteiger charge is -2.19. The zero-order valence-corrected chi connectivity index (χ0v) is 18.9. The second kappa shape index (κ2) is 10.3. The zero-order chi connectivity index (χ0) is 24.3. The molecular formula is C20H15Cl2F3N2O5S. The van der Waals surface area contributed by atoms with E-state index in [4.69, 9.17) is 56.1 Å². The Balaban J connectivity index is 1.82. The first-order valence-electron chi connectivity index (χ1n) is 9.27. The molecule has 0 spiro atoms. The first-order valence-corrected chi connectivity index (χ1v) is 10.4. The summed E-state index contributed by atoms with van der Waals surface area (Å²) < 4.78 is 56.8. The van der Waals surface area contributed by atoms with E-state index in [2.05, 4.69) is 5.92 Å². The van der Waals surface area contributed by atoms with Crippen LogP contribution in [0.3, 0.4) is 0 Å². The topological polar surface area (TPSA) is 82.6 Å². The molecule has 7 nitrogen and oxygen atoms in total. The van der Waals surface area contributed by atoms with Crippen LogP contribution in [0.25, 0.3) is 0 Å². The van der Waals surface area contributed by atoms with Crippen molar-refractivity contribution in [3.05, 3.63) is 66.4 Å². The Hall–Kier alpha value is -2.36. The number of rotatable bonds is 6. The number of terminal acetylenes is 1. The largest absolute Gasteiger partial charge is 0.480 e. The standard InChI is InChI=1S/C20H15Cl2F3N2O5S/c1-2-6-30-13-7-15(27-8-10(20(23,24)25)17(28)26-19(27)29)32-14(13)9-31-18(33)16-11(21)4-3-5-12(16)22/h1,3-5,8,13-15H,6-7,9H2,(H,26,28,29)/t13-,14+,15+/m0/s1. The molecule has 0 bridgehead atoms. The summed E-state index contributed by atoms with van der Waals surface area (Å²) in [5, 5.41) is 0.489. The summed E-state index contributed by atoms with van der Waals surface area (Å²) >= 11 is 17.5. The van der Waals surface area contributed by atoms with E-state index < -0.39 is 41.4 Å². The number of nitrogens with one attached hydrogen (secondary N) is 1. The summed E-state index contributed by atoms with van der Waals surface area (Å²) in [4.78, 5) is 25.4. The molecule has 33 heavy (non-hydrogen) atoms. The van der Waals surface area contributed by atoms with Gasteiger partial charge in [0.25, 0.3) is 5.56 Å². The minimum absolute atomic E-state index is 0.0334. The Morgan fingerprint density at radius 3 is 2.61 bits per heavy atom. The predicted octanol–water partition coefficient (Wildman–Crippen LogP) is 3.56. The van der Waals surface area contributed by atoms with Crippen LogP contribution < -0.4 is 11.2 Å². The van der Waals surface area contributed by atoms with Crippen LogP contribution in [0.2, 0.25) is 10.0 Å². The molecule has 1 aliphatic rings. The van der Waals surface area contributed by atoms with Gasteiger partial charge < -0.3 is 14.2 Å². The summed E-state index contributed by atoms with van der Waals surface area (Å²) in [5.74, 6) is 2.28. The molecule has 1 N–H and O–H groups in total. The van der Waals surface area contributed by atoms with Crippen molar-refractivity contribution in [1.82, 2.24) is 9.55 Å². The second-order valence-corrected chi connectivity index (χ2v) is 8.01. The third kappa shape index (κ3) is 5.77. The minimum Gasteiger partial charge on any atom is -0.480 e. The van der Waals surface area contributed by atoms with Crippen molar-refractivity contribution in [2.45, 2.75) is 31.0 Å². The van der Waals surface area contributed by atoms with Gasteiger partial charge in [-0.15, -0.1) is 6.42 Å². The number of benzene rings is 1. The molecule has 1 saturated heterocycles. The highest BCUT2D eigenvalue weighted by Gasteiger charge is 2.40. The van der Waals surface area contributed by atoms with Gasteiger partial charge in [0, 0.05) is 12.6 Å². The van der Waals surface area contributed by atoms with E-state index in [1.54, 1.807) is 23.2 Å². The summed E-state index contributed by atoms with van der Waals surface area (Å²) in [6, 6.07) is 4.77. The van der Waals surface area contributed by atoms with Crippen LogP contribution in [0.5, 0.6) is 0 Å². The highest BCUT2D eigenvalue weighted by molar-refractivity contribution is 7.80. The number of ether oxygens (including phenoxy) is 3. The lowest BCUT2D eigenvalue weighted by molar-refractivity contribution is -0.139. The third-order valence-corrected chi connectivity index (χ3v) is 5.64. The van der Waals surface area contributed by atoms with E-state index in [9.17, 15) is 22.8 Å². The van der Waals surface area contributed by atoms with Gasteiger partial charge in [-0.05, 0) is 24.4 Å². The average Bonchev–Trinajstić information content (AvgIpc) is 3.12. The molecule has 3 atom stereocenters. The fraction of sp³-hybridized carbons (Fsp3) is 0.350. The SMILES string of the molecule is C#CCO[C@H]1C[C@H](n2cc(C(F)(F)F)c(=O)[nH]c2=O)O[C@@H]1COC(=S)c1c(Cl)cccc1Cl. The quantitative estimate of drug-likeness (QED) is 0.461. The van der Waals surface area contributed by atoms with E-state index in [-0.39, 0.29) is 40.3 Å². The van der Waals surface area contributed by atoms with Gasteiger partial charge >= 0.3 is 11.9 Å². The number of H-pyrrole nitrogens is 1. The number of alkyl halides is 3. The van der Waals surface area contributed by atoms with Crippen molar-refractivity contribution in [2.75, 3.05) is 13.2 Å². The Labute approximate surface area is 200 Å². The van der Waals surface area contributed by atoms with Crippen molar-refractivity contribution >= 4 is 40.5 Å². The Bertz CT molecular complexity index is 1190. The van der Waals surface area contributed by atoms with E-state index in [1.807, 2.05) is 0 Å². The first kappa shape index (κ1) is 25.3. The number of hydrogen-bond acceptors (Lipinski definition) is 6. The zero-order valence-electron chi connectivity index (χ0n) is 16.5. The fourth-order valence-corrected chi connectivity index (χ4v) is 4.14. The molecule has 0 saturated carbocycles. The number of aromatic nitrogens is 2. The molecule has 1 fully saturated rings. The van der Waals surface area contributed by atoms with Crippen LogP contribution in [0, 0.1) is 12.3 Å². The van der Waals surface area contributed by atoms with Gasteiger partial charge in [0.1, 0.15) is 31.1 Å². The van der Waals surface area contributed by atoms with Crippen LogP contribution in [0.1, 0.15) is 23.8 Å². The number of nitrogens with zero attached hydrogens (tertiary/aromatic N) is 1. The van der Waals surface area contributed by atoms with Crippen molar-refractivity contribution < 1.29 is 27.4 Å². The van der Waals surface area contributed by atoms with Gasteiger partial charge in [-0.3, -0.25) is 14.3 Å². The van der Waals surface area contributed by atoms with Crippen LogP contribution in [0.4, 0.5) is 13.2 Å². The molecule has 1 aromatic carbocycles. The summed E-state index contributed by atoms with van der Waals surface area (Å²) in [6.07, 6.45) is -2.19. The smallest absolute Gasteiger partial charge is 0.423 e. The number of hydrogen-bond donors (Lipinski definition) is 1. The summed E-state index contributed by atoms with van der Waals surface area (Å²) in [5.41, 5.74) is -3.88. The van der Waals surface area contributed by atoms with Crippen LogP contribution in [0.15, 0.2) is 34.0 Å².